The molecule has 0 rings (SSSR count). The lowest BCUT2D eigenvalue weighted by Crippen LogP contribution is -2.04. The number of carbonyl (C=O) groups is 1. The first-order chi connectivity index (χ1) is 3.81. The van der Waals surface area contributed by atoms with Crippen molar-refractivity contribution < 1.29 is 9.53 Å². The van der Waals surface area contributed by atoms with E-state index in [1.807, 2.05) is 0 Å². The number of hydrogen-bond acceptors (Lipinski definition) is 3. The van der Waals surface area contributed by atoms with Crippen LogP contribution in [0.15, 0.2) is 0 Å². The third kappa shape index (κ3) is 3.99. The van der Waals surface area contributed by atoms with E-state index in [1.54, 1.807) is 6.92 Å². The van der Waals surface area contributed by atoms with E-state index >= 15 is 0 Å². The van der Waals surface area contributed by atoms with Crippen molar-refractivity contribution in [2.45, 2.75) is 6.92 Å². The maximum absolute atomic E-state index is 10.3. The van der Waals surface area contributed by atoms with Gasteiger partial charge in [-0.25, -0.2) is 0 Å². The fourth-order valence-electron chi connectivity index (χ4n) is 0.276. The van der Waals surface area contributed by atoms with E-state index in [-0.39, 0.29) is 5.97 Å². The van der Waals surface area contributed by atoms with Gasteiger partial charge in [-0.3, -0.25) is 4.79 Å². The summed E-state index contributed by atoms with van der Waals surface area (Å²) in [6.07, 6.45) is 1.38. The lowest BCUT2D eigenvalue weighted by atomic mass is 10.5. The van der Waals surface area contributed by atoms with Crippen molar-refractivity contribution in [1.29, 1.82) is 0 Å². The van der Waals surface area contributed by atoms with Crippen LogP contribution in [0, 0.1) is 6.42 Å². The second-order valence-electron chi connectivity index (χ2n) is 1.14. The first-order valence-electron chi connectivity index (χ1n) is 2.42. The first-order valence-corrected chi connectivity index (χ1v) is 3.05. The Morgan fingerprint density at radius 3 is 2.88 bits per heavy atom. The summed E-state index contributed by atoms with van der Waals surface area (Å²) in [5, 5.41) is 0. The predicted molar refractivity (Wildman–Crippen MR) is 34.8 cm³/mol. The van der Waals surface area contributed by atoms with E-state index in [9.17, 15) is 4.79 Å². The highest BCUT2D eigenvalue weighted by Gasteiger charge is 1.96. The van der Waals surface area contributed by atoms with Crippen molar-refractivity contribution in [2.75, 3.05) is 12.4 Å². The van der Waals surface area contributed by atoms with Crippen LogP contribution < -0.4 is 0 Å². The molecule has 0 unspecified atom stereocenters. The summed E-state index contributed by atoms with van der Waals surface area (Å²) in [4.78, 5) is 10.3. The fraction of sp³-hybridized carbons (Fsp3) is 0.600. The van der Waals surface area contributed by atoms with Crippen molar-refractivity contribution in [3.05, 3.63) is 6.42 Å². The largest absolute Gasteiger partial charge is 0.466 e. The van der Waals surface area contributed by atoms with Gasteiger partial charge in [-0.1, -0.05) is 0 Å². The van der Waals surface area contributed by atoms with E-state index in [4.69, 9.17) is 0 Å². The number of hydrogen-bond donors (Lipinski definition) is 1. The lowest BCUT2D eigenvalue weighted by molar-refractivity contribution is -0.138. The zero-order valence-electron chi connectivity index (χ0n) is 4.76. The Labute approximate surface area is 54.6 Å². The zero-order valence-corrected chi connectivity index (χ0v) is 5.65. The summed E-state index contributed by atoms with van der Waals surface area (Å²) < 4.78 is 4.54. The number of esters is 1. The minimum atomic E-state index is -0.289. The number of thiol groups is 1. The summed E-state index contributed by atoms with van der Waals surface area (Å²) in [5.74, 6) is 0.154. The Bertz CT molecular complexity index is 64.8. The minimum Gasteiger partial charge on any atom is -0.466 e. The van der Waals surface area contributed by atoms with Crippen molar-refractivity contribution in [2.24, 2.45) is 0 Å². The summed E-state index contributed by atoms with van der Waals surface area (Å²) in [5.41, 5.74) is 0. The smallest absolute Gasteiger partial charge is 0.310 e. The zero-order chi connectivity index (χ0) is 6.41. The van der Waals surface area contributed by atoms with Crippen LogP contribution in [0.2, 0.25) is 0 Å². The number of rotatable bonds is 3. The van der Waals surface area contributed by atoms with Gasteiger partial charge in [-0.05, 0) is 6.92 Å². The molecule has 0 amide bonds. The molecule has 0 saturated heterocycles. The van der Waals surface area contributed by atoms with Gasteiger partial charge < -0.3 is 4.74 Å². The molecule has 0 atom stereocenters. The van der Waals surface area contributed by atoms with Gasteiger partial charge in [0.1, 0.15) is 0 Å². The third-order valence-corrected chi connectivity index (χ3v) is 0.727. The molecule has 3 heteroatoms. The molecule has 0 spiro atoms. The van der Waals surface area contributed by atoms with Crippen molar-refractivity contribution in [3.63, 3.8) is 0 Å². The Kier molecular flexibility index (Phi) is 4.85. The Morgan fingerprint density at radius 2 is 2.50 bits per heavy atom. The van der Waals surface area contributed by atoms with Crippen LogP contribution in [0.4, 0.5) is 0 Å². The van der Waals surface area contributed by atoms with E-state index in [2.05, 4.69) is 17.4 Å². The van der Waals surface area contributed by atoms with E-state index in [0.717, 1.165) is 0 Å². The fourth-order valence-corrected chi connectivity index (χ4v) is 0.425. The van der Waals surface area contributed by atoms with Gasteiger partial charge in [0.2, 0.25) is 0 Å². The van der Waals surface area contributed by atoms with Crippen LogP contribution in [0.1, 0.15) is 6.92 Å². The van der Waals surface area contributed by atoms with Crippen LogP contribution in [0.3, 0.4) is 0 Å². The van der Waals surface area contributed by atoms with E-state index < -0.39 is 0 Å². The molecule has 1 radical (unpaired) electrons. The number of carbonyl (C=O) groups excluding carboxylic acids is 1. The van der Waals surface area contributed by atoms with Crippen LogP contribution in [0.5, 0.6) is 0 Å². The SMILES string of the molecule is CCOC(=O)[CH]CS. The Morgan fingerprint density at radius 1 is 1.88 bits per heavy atom. The predicted octanol–water partition coefficient (Wildman–Crippen LogP) is 0.684. The average Bonchev–Trinajstić information content (AvgIpc) is 1.68. The van der Waals surface area contributed by atoms with Crippen LogP contribution in [-0.2, 0) is 9.53 Å². The molecular weight excluding hydrogens is 124 g/mol. The van der Waals surface area contributed by atoms with Gasteiger partial charge in [0.15, 0.2) is 0 Å². The molecular formula is C5H9O2S. The van der Waals surface area contributed by atoms with Gasteiger partial charge in [0, 0.05) is 5.75 Å². The van der Waals surface area contributed by atoms with Crippen LogP contribution in [0.25, 0.3) is 0 Å². The van der Waals surface area contributed by atoms with E-state index in [1.165, 1.54) is 6.42 Å². The summed E-state index contributed by atoms with van der Waals surface area (Å²) >= 11 is 3.80. The van der Waals surface area contributed by atoms with Crippen molar-refractivity contribution >= 4 is 18.6 Å². The number of ether oxygens (including phenoxy) is 1. The molecule has 2 nitrogen and oxygen atoms in total. The molecule has 0 saturated carbocycles. The summed E-state index contributed by atoms with van der Waals surface area (Å²) in [7, 11) is 0. The summed E-state index contributed by atoms with van der Waals surface area (Å²) in [6, 6.07) is 0. The molecule has 0 aliphatic rings. The molecule has 0 aromatic carbocycles. The minimum absolute atomic E-state index is 0.289. The highest BCUT2D eigenvalue weighted by atomic mass is 32.1. The third-order valence-electron chi connectivity index (χ3n) is 0.545. The van der Waals surface area contributed by atoms with Gasteiger partial charge in [0.05, 0.1) is 13.0 Å². The van der Waals surface area contributed by atoms with Crippen molar-refractivity contribution in [3.8, 4) is 0 Å². The Hall–Kier alpha value is -0.180. The molecule has 0 heterocycles. The van der Waals surface area contributed by atoms with Gasteiger partial charge in [0.25, 0.3) is 0 Å². The maximum atomic E-state index is 10.3. The molecule has 0 aromatic rings. The van der Waals surface area contributed by atoms with Gasteiger partial charge in [-0.2, -0.15) is 12.6 Å². The molecule has 0 bridgehead atoms. The average molecular weight is 133 g/mol. The highest BCUT2D eigenvalue weighted by molar-refractivity contribution is 7.80. The normalized spacial score (nSPS) is 8.75. The van der Waals surface area contributed by atoms with Gasteiger partial charge in [-0.15, -0.1) is 0 Å². The molecule has 47 valence electrons. The molecule has 0 aromatic heterocycles. The summed E-state index contributed by atoms with van der Waals surface area (Å²) in [6.45, 7) is 2.20. The molecule has 0 N–H and O–H groups in total. The highest BCUT2D eigenvalue weighted by Crippen LogP contribution is 1.85. The second-order valence-corrected chi connectivity index (χ2v) is 1.50. The van der Waals surface area contributed by atoms with E-state index in [0.29, 0.717) is 12.4 Å². The molecule has 0 aliphatic carbocycles. The topological polar surface area (TPSA) is 26.3 Å². The molecule has 0 fully saturated rings. The second kappa shape index (κ2) is 4.97. The molecule has 8 heavy (non-hydrogen) atoms. The van der Waals surface area contributed by atoms with Crippen LogP contribution >= 0.6 is 12.6 Å². The quantitative estimate of drug-likeness (QED) is 0.452. The van der Waals surface area contributed by atoms with Gasteiger partial charge >= 0.3 is 5.97 Å². The van der Waals surface area contributed by atoms with Crippen LogP contribution in [-0.4, -0.2) is 18.3 Å². The van der Waals surface area contributed by atoms with Crippen molar-refractivity contribution in [1.82, 2.24) is 0 Å². The maximum Gasteiger partial charge on any atom is 0.310 e. The monoisotopic (exact) mass is 133 g/mol. The first kappa shape index (κ1) is 7.82. The lowest BCUT2D eigenvalue weighted by Gasteiger charge is -1.95. The Balaban J connectivity index is 3.06. The standard InChI is InChI=1S/C5H9O2S/c1-2-7-5(6)3-4-8/h3,8H,2,4H2,1H3. The molecule has 0 aliphatic heterocycles.